The molecule has 1 saturated carbocycles. The highest BCUT2D eigenvalue weighted by atomic mass is 35.5. The lowest BCUT2D eigenvalue weighted by Crippen LogP contribution is -2.24. The first-order valence-corrected chi connectivity index (χ1v) is 9.73. The number of pyridine rings is 2. The lowest BCUT2D eigenvalue weighted by Gasteiger charge is -2.28. The lowest BCUT2D eigenvalue weighted by molar-refractivity contribution is -0.0385. The van der Waals surface area contributed by atoms with Crippen LogP contribution in [0.2, 0.25) is 5.02 Å². The molecule has 3 N–H and O–H groups in total. The van der Waals surface area contributed by atoms with Crippen molar-refractivity contribution in [1.82, 2.24) is 15.0 Å². The SMILES string of the molecule is Cc1cc(NC(=O)Nc2c[nH]c3ncc(Cl)cc23)cnc1C1CCC(F)(F)CC1. The van der Waals surface area contributed by atoms with Crippen LogP contribution < -0.4 is 10.6 Å². The van der Waals surface area contributed by atoms with Gasteiger partial charge in [0.2, 0.25) is 5.92 Å². The van der Waals surface area contributed by atoms with Gasteiger partial charge in [0.1, 0.15) is 5.65 Å². The summed E-state index contributed by atoms with van der Waals surface area (Å²) >= 11 is 5.97. The Bertz CT molecular complexity index is 1060. The maximum absolute atomic E-state index is 13.4. The minimum atomic E-state index is -2.56. The van der Waals surface area contributed by atoms with E-state index in [0.29, 0.717) is 40.3 Å². The van der Waals surface area contributed by atoms with Crippen LogP contribution in [-0.2, 0) is 0 Å². The molecule has 6 nitrogen and oxygen atoms in total. The quantitative estimate of drug-likeness (QED) is 0.497. The monoisotopic (exact) mass is 419 g/mol. The van der Waals surface area contributed by atoms with Gasteiger partial charge in [0.15, 0.2) is 0 Å². The molecule has 3 aromatic heterocycles. The number of aromatic amines is 1. The Morgan fingerprint density at radius 2 is 1.97 bits per heavy atom. The van der Waals surface area contributed by atoms with E-state index in [1.165, 1.54) is 6.20 Å². The molecule has 4 rings (SSSR count). The Hall–Kier alpha value is -2.74. The summed E-state index contributed by atoms with van der Waals surface area (Å²) in [5.41, 5.74) is 3.40. The minimum absolute atomic E-state index is 0.0287. The van der Waals surface area contributed by atoms with Crippen LogP contribution in [0.5, 0.6) is 0 Å². The fraction of sp³-hybridized carbons (Fsp3) is 0.350. The summed E-state index contributed by atoms with van der Waals surface area (Å²) in [5, 5.41) is 6.67. The van der Waals surface area contributed by atoms with Crippen molar-refractivity contribution in [2.24, 2.45) is 0 Å². The predicted molar refractivity (Wildman–Crippen MR) is 109 cm³/mol. The van der Waals surface area contributed by atoms with Crippen molar-refractivity contribution in [3.05, 3.63) is 47.0 Å². The van der Waals surface area contributed by atoms with Crippen LogP contribution in [0.3, 0.4) is 0 Å². The number of anilines is 2. The van der Waals surface area contributed by atoms with E-state index in [2.05, 4.69) is 25.6 Å². The van der Waals surface area contributed by atoms with Crippen molar-refractivity contribution < 1.29 is 13.6 Å². The van der Waals surface area contributed by atoms with Crippen molar-refractivity contribution >= 4 is 40.0 Å². The number of rotatable bonds is 3. The largest absolute Gasteiger partial charge is 0.344 e. The molecule has 3 aromatic rings. The second kappa shape index (κ2) is 7.59. The topological polar surface area (TPSA) is 82.7 Å². The standard InChI is InChI=1S/C20H20ClF2N5O/c1-11-6-14(9-24-17(11)12-2-4-20(22,23)5-3-12)27-19(29)28-16-10-26-18-15(16)7-13(21)8-25-18/h6-10,12H,2-5H2,1H3,(H,25,26)(H2,27,28,29). The van der Waals surface area contributed by atoms with Crippen LogP contribution in [0, 0.1) is 6.92 Å². The van der Waals surface area contributed by atoms with Gasteiger partial charge < -0.3 is 15.6 Å². The number of H-pyrrole nitrogens is 1. The zero-order valence-corrected chi connectivity index (χ0v) is 16.5. The maximum atomic E-state index is 13.4. The van der Waals surface area contributed by atoms with Crippen molar-refractivity contribution in [2.45, 2.75) is 44.4 Å². The molecule has 29 heavy (non-hydrogen) atoms. The van der Waals surface area contributed by atoms with Crippen molar-refractivity contribution in [2.75, 3.05) is 10.6 Å². The zero-order valence-electron chi connectivity index (χ0n) is 15.7. The molecular weight excluding hydrogens is 400 g/mol. The summed E-state index contributed by atoms with van der Waals surface area (Å²) in [4.78, 5) is 23.9. The van der Waals surface area contributed by atoms with E-state index in [0.717, 1.165) is 11.3 Å². The molecule has 0 bridgehead atoms. The van der Waals surface area contributed by atoms with Gasteiger partial charge in [-0.1, -0.05) is 11.6 Å². The highest BCUT2D eigenvalue weighted by Crippen LogP contribution is 2.41. The number of halogens is 3. The molecule has 9 heteroatoms. The molecule has 0 spiro atoms. The van der Waals surface area contributed by atoms with Gasteiger partial charge in [-0.15, -0.1) is 0 Å². The summed E-state index contributed by atoms with van der Waals surface area (Å²) in [7, 11) is 0. The van der Waals surface area contributed by atoms with Crippen molar-refractivity contribution in [3.63, 3.8) is 0 Å². The first kappa shape index (κ1) is 19.6. The lowest BCUT2D eigenvalue weighted by atomic mass is 9.83. The van der Waals surface area contributed by atoms with Gasteiger partial charge in [0.05, 0.1) is 22.6 Å². The van der Waals surface area contributed by atoms with Gasteiger partial charge in [-0.2, -0.15) is 0 Å². The zero-order chi connectivity index (χ0) is 20.6. The number of fused-ring (bicyclic) bond motifs is 1. The number of urea groups is 1. The number of aromatic nitrogens is 3. The fourth-order valence-electron chi connectivity index (χ4n) is 3.76. The Labute approximate surface area is 171 Å². The van der Waals surface area contributed by atoms with Crippen LogP contribution in [0.15, 0.2) is 30.7 Å². The number of nitrogens with zero attached hydrogens (tertiary/aromatic N) is 2. The van der Waals surface area contributed by atoms with E-state index in [1.54, 1.807) is 18.5 Å². The van der Waals surface area contributed by atoms with Gasteiger partial charge in [-0.05, 0) is 37.5 Å². The van der Waals surface area contributed by atoms with E-state index in [-0.39, 0.29) is 18.8 Å². The van der Waals surface area contributed by atoms with Crippen LogP contribution >= 0.6 is 11.6 Å². The van der Waals surface area contributed by atoms with Crippen LogP contribution in [0.4, 0.5) is 25.0 Å². The smallest absolute Gasteiger partial charge is 0.323 e. The summed E-state index contributed by atoms with van der Waals surface area (Å²) in [6.45, 7) is 1.88. The van der Waals surface area contributed by atoms with E-state index in [9.17, 15) is 13.6 Å². The van der Waals surface area contributed by atoms with Crippen LogP contribution in [0.25, 0.3) is 11.0 Å². The number of alkyl halides is 2. The van der Waals surface area contributed by atoms with E-state index in [4.69, 9.17) is 11.6 Å². The summed E-state index contributed by atoms with van der Waals surface area (Å²) in [6, 6.07) is 3.09. The molecule has 0 aromatic carbocycles. The van der Waals surface area contributed by atoms with Crippen molar-refractivity contribution in [1.29, 1.82) is 0 Å². The van der Waals surface area contributed by atoms with Gasteiger partial charge in [-0.3, -0.25) is 4.98 Å². The first-order chi connectivity index (χ1) is 13.8. The second-order valence-corrected chi connectivity index (χ2v) is 7.82. The fourth-order valence-corrected chi connectivity index (χ4v) is 3.92. The number of carbonyl (C=O) groups is 1. The molecule has 0 radical (unpaired) electrons. The third kappa shape index (κ3) is 4.32. The molecule has 0 unspecified atom stereocenters. The van der Waals surface area contributed by atoms with Gasteiger partial charge in [0, 0.05) is 42.2 Å². The molecule has 0 aliphatic heterocycles. The Balaban J connectivity index is 1.43. The number of aryl methyl sites for hydroxylation is 1. The molecule has 1 fully saturated rings. The molecule has 2 amide bonds. The molecule has 0 saturated heterocycles. The van der Waals surface area contributed by atoms with Crippen molar-refractivity contribution in [3.8, 4) is 0 Å². The molecule has 1 aliphatic carbocycles. The number of carbonyl (C=O) groups excluding carboxylic acids is 1. The number of hydrogen-bond donors (Lipinski definition) is 3. The van der Waals surface area contributed by atoms with Gasteiger partial charge in [-0.25, -0.2) is 18.6 Å². The highest BCUT2D eigenvalue weighted by Gasteiger charge is 2.36. The minimum Gasteiger partial charge on any atom is -0.344 e. The number of amides is 2. The molecule has 0 atom stereocenters. The molecular formula is C20H20ClF2N5O. The number of hydrogen-bond acceptors (Lipinski definition) is 3. The summed E-state index contributed by atoms with van der Waals surface area (Å²) in [6.07, 6.45) is 5.35. The average Bonchev–Trinajstić information content (AvgIpc) is 3.04. The van der Waals surface area contributed by atoms with Gasteiger partial charge >= 0.3 is 6.03 Å². The summed E-state index contributed by atoms with van der Waals surface area (Å²) in [5.74, 6) is -2.53. The molecule has 1 aliphatic rings. The predicted octanol–water partition coefficient (Wildman–Crippen LogP) is 5.86. The normalized spacial score (nSPS) is 16.7. The Kier molecular flexibility index (Phi) is 5.12. The average molecular weight is 420 g/mol. The summed E-state index contributed by atoms with van der Waals surface area (Å²) < 4.78 is 26.8. The Morgan fingerprint density at radius 3 is 2.69 bits per heavy atom. The third-order valence-electron chi connectivity index (χ3n) is 5.23. The van der Waals surface area contributed by atoms with Crippen LogP contribution in [0.1, 0.15) is 42.9 Å². The van der Waals surface area contributed by atoms with Crippen LogP contribution in [-0.4, -0.2) is 26.9 Å². The number of nitrogens with one attached hydrogen (secondary N) is 3. The maximum Gasteiger partial charge on any atom is 0.323 e. The highest BCUT2D eigenvalue weighted by molar-refractivity contribution is 6.31. The molecule has 3 heterocycles. The Morgan fingerprint density at radius 1 is 1.21 bits per heavy atom. The second-order valence-electron chi connectivity index (χ2n) is 7.39. The molecule has 152 valence electrons. The third-order valence-corrected chi connectivity index (χ3v) is 5.43. The van der Waals surface area contributed by atoms with E-state index >= 15 is 0 Å². The van der Waals surface area contributed by atoms with E-state index < -0.39 is 12.0 Å². The first-order valence-electron chi connectivity index (χ1n) is 9.36. The van der Waals surface area contributed by atoms with Gasteiger partial charge in [0.25, 0.3) is 0 Å². The van der Waals surface area contributed by atoms with E-state index in [1.807, 2.05) is 13.0 Å².